The number of pyridine rings is 1. The third-order valence-corrected chi connectivity index (χ3v) is 4.87. The number of nitrogens with zero attached hydrogens (tertiary/aromatic N) is 2. The Hall–Kier alpha value is -1.83. The van der Waals surface area contributed by atoms with Gasteiger partial charge in [0.15, 0.2) is 5.11 Å². The molecule has 0 spiro atoms. The number of nitrogens with one attached hydrogen (secondary N) is 2. The molecule has 0 radical (unpaired) electrons. The van der Waals surface area contributed by atoms with Crippen LogP contribution in [0.1, 0.15) is 41.2 Å². The van der Waals surface area contributed by atoms with Gasteiger partial charge in [0.05, 0.1) is 6.04 Å². The highest BCUT2D eigenvalue weighted by atomic mass is 79.9. The minimum Gasteiger partial charge on any atom is -0.298 e. The zero-order valence-electron chi connectivity index (χ0n) is 13.6. The highest BCUT2D eigenvalue weighted by Gasteiger charge is 2.25. The van der Waals surface area contributed by atoms with Gasteiger partial charge in [0.1, 0.15) is 0 Å². The Labute approximate surface area is 160 Å². The molecule has 0 aliphatic carbocycles. The molecule has 1 aromatic heterocycles. The molecule has 2 aromatic rings. The van der Waals surface area contributed by atoms with Crippen molar-refractivity contribution in [3.05, 3.63) is 64.4 Å². The number of aromatic nitrogens is 1. The SMILES string of the molecule is O=C(NC(=S)NN1CCCC[C@@H]1c1cccnc1)c1ccc(Br)cc1. The van der Waals surface area contributed by atoms with Crippen LogP contribution < -0.4 is 10.7 Å². The van der Waals surface area contributed by atoms with Crippen LogP contribution in [0.4, 0.5) is 0 Å². The van der Waals surface area contributed by atoms with Crippen LogP contribution in [0.3, 0.4) is 0 Å². The maximum absolute atomic E-state index is 12.3. The Balaban J connectivity index is 1.62. The van der Waals surface area contributed by atoms with E-state index in [-0.39, 0.29) is 11.9 Å². The first-order chi connectivity index (χ1) is 12.1. The van der Waals surface area contributed by atoms with Crippen LogP contribution in [-0.4, -0.2) is 27.6 Å². The zero-order chi connectivity index (χ0) is 17.6. The fraction of sp³-hybridized carbons (Fsp3) is 0.278. The predicted octanol–water partition coefficient (Wildman–Crippen LogP) is 3.59. The average Bonchev–Trinajstić information content (AvgIpc) is 2.63. The second-order valence-electron chi connectivity index (χ2n) is 5.89. The van der Waals surface area contributed by atoms with E-state index in [9.17, 15) is 4.79 Å². The Morgan fingerprint density at radius 3 is 2.76 bits per heavy atom. The number of rotatable bonds is 3. The van der Waals surface area contributed by atoms with Crippen molar-refractivity contribution >= 4 is 39.2 Å². The first kappa shape index (κ1) is 18.0. The molecule has 7 heteroatoms. The lowest BCUT2D eigenvalue weighted by Gasteiger charge is -2.36. The highest BCUT2D eigenvalue weighted by molar-refractivity contribution is 9.10. The Morgan fingerprint density at radius 2 is 2.04 bits per heavy atom. The molecule has 2 heterocycles. The van der Waals surface area contributed by atoms with Crippen molar-refractivity contribution in [1.82, 2.24) is 20.7 Å². The molecule has 1 aliphatic heterocycles. The molecular formula is C18H19BrN4OS. The van der Waals surface area contributed by atoms with Crippen molar-refractivity contribution in [2.75, 3.05) is 6.54 Å². The maximum Gasteiger partial charge on any atom is 0.257 e. The number of piperidine rings is 1. The summed E-state index contributed by atoms with van der Waals surface area (Å²) >= 11 is 8.69. The summed E-state index contributed by atoms with van der Waals surface area (Å²) in [7, 11) is 0. The van der Waals surface area contributed by atoms with Gasteiger partial charge in [-0.1, -0.05) is 28.4 Å². The lowest BCUT2D eigenvalue weighted by Crippen LogP contribution is -2.51. The summed E-state index contributed by atoms with van der Waals surface area (Å²) in [4.78, 5) is 16.5. The standard InChI is InChI=1S/C18H19BrN4OS/c19-15-8-6-13(7-9-15)17(24)21-18(25)22-23-11-2-1-5-16(23)14-4-3-10-20-12-14/h3-4,6-10,12,16H,1-2,5,11H2,(H2,21,22,24,25)/t16-/m1/s1. The van der Waals surface area contributed by atoms with E-state index in [1.165, 1.54) is 0 Å². The number of benzene rings is 1. The maximum atomic E-state index is 12.3. The smallest absolute Gasteiger partial charge is 0.257 e. The van der Waals surface area contributed by atoms with E-state index in [0.717, 1.165) is 35.8 Å². The number of hydrazine groups is 1. The summed E-state index contributed by atoms with van der Waals surface area (Å²) in [5, 5.41) is 5.14. The highest BCUT2D eigenvalue weighted by Crippen LogP contribution is 2.28. The van der Waals surface area contributed by atoms with Crippen LogP contribution in [0.25, 0.3) is 0 Å². The lowest BCUT2D eigenvalue weighted by atomic mass is 9.98. The fourth-order valence-corrected chi connectivity index (χ4v) is 3.39. The fourth-order valence-electron chi connectivity index (χ4n) is 2.92. The van der Waals surface area contributed by atoms with Crippen LogP contribution in [0.5, 0.6) is 0 Å². The van der Waals surface area contributed by atoms with Gasteiger partial charge in [0, 0.05) is 29.0 Å². The number of amides is 1. The quantitative estimate of drug-likeness (QED) is 0.745. The number of halogens is 1. The summed E-state index contributed by atoms with van der Waals surface area (Å²) in [5.41, 5.74) is 4.89. The van der Waals surface area contributed by atoms with Gasteiger partial charge in [0.2, 0.25) is 0 Å². The average molecular weight is 419 g/mol. The number of hydrogen-bond donors (Lipinski definition) is 2. The summed E-state index contributed by atoms with van der Waals surface area (Å²) < 4.78 is 0.928. The third kappa shape index (κ3) is 4.84. The van der Waals surface area contributed by atoms with Crippen LogP contribution in [0.2, 0.25) is 0 Å². The van der Waals surface area contributed by atoms with Gasteiger partial charge < -0.3 is 0 Å². The molecule has 25 heavy (non-hydrogen) atoms. The molecule has 0 unspecified atom stereocenters. The van der Waals surface area contributed by atoms with Crippen LogP contribution in [-0.2, 0) is 0 Å². The molecule has 1 aliphatic rings. The van der Waals surface area contributed by atoms with E-state index in [0.29, 0.717) is 10.7 Å². The molecule has 0 saturated carbocycles. The minimum absolute atomic E-state index is 0.199. The summed E-state index contributed by atoms with van der Waals surface area (Å²) in [6, 6.07) is 11.4. The van der Waals surface area contributed by atoms with E-state index in [2.05, 4.69) is 42.7 Å². The topological polar surface area (TPSA) is 57.3 Å². The molecule has 2 N–H and O–H groups in total. The molecule has 1 amide bonds. The van der Waals surface area contributed by atoms with Gasteiger partial charge >= 0.3 is 0 Å². The molecule has 5 nitrogen and oxygen atoms in total. The van der Waals surface area contributed by atoms with Crippen LogP contribution in [0, 0.1) is 0 Å². The zero-order valence-corrected chi connectivity index (χ0v) is 16.0. The number of thiocarbonyl (C=S) groups is 1. The normalized spacial score (nSPS) is 17.7. The number of carbonyl (C=O) groups excluding carboxylic acids is 1. The molecule has 1 atom stereocenters. The van der Waals surface area contributed by atoms with E-state index in [1.54, 1.807) is 18.3 Å². The van der Waals surface area contributed by atoms with Crippen molar-refractivity contribution in [2.24, 2.45) is 0 Å². The third-order valence-electron chi connectivity index (χ3n) is 4.15. The van der Waals surface area contributed by atoms with Crippen molar-refractivity contribution in [1.29, 1.82) is 0 Å². The number of carbonyl (C=O) groups is 1. The molecule has 0 bridgehead atoms. The van der Waals surface area contributed by atoms with Gasteiger partial charge in [-0.25, -0.2) is 5.01 Å². The molecule has 1 fully saturated rings. The van der Waals surface area contributed by atoms with Crippen molar-refractivity contribution < 1.29 is 4.79 Å². The first-order valence-electron chi connectivity index (χ1n) is 8.17. The van der Waals surface area contributed by atoms with Crippen molar-refractivity contribution in [3.63, 3.8) is 0 Å². The Morgan fingerprint density at radius 1 is 1.24 bits per heavy atom. The Kier molecular flexibility index (Phi) is 6.12. The van der Waals surface area contributed by atoms with Gasteiger partial charge in [-0.05, 0) is 61.0 Å². The van der Waals surface area contributed by atoms with Crippen molar-refractivity contribution in [2.45, 2.75) is 25.3 Å². The van der Waals surface area contributed by atoms with E-state index >= 15 is 0 Å². The van der Waals surface area contributed by atoms with Crippen molar-refractivity contribution in [3.8, 4) is 0 Å². The second kappa shape index (κ2) is 8.51. The molecule has 130 valence electrons. The van der Waals surface area contributed by atoms with Gasteiger partial charge in [-0.15, -0.1) is 0 Å². The van der Waals surface area contributed by atoms with Gasteiger partial charge in [-0.2, -0.15) is 0 Å². The predicted molar refractivity (Wildman–Crippen MR) is 105 cm³/mol. The number of hydrogen-bond acceptors (Lipinski definition) is 4. The van der Waals surface area contributed by atoms with Gasteiger partial charge in [0.25, 0.3) is 5.91 Å². The lowest BCUT2D eigenvalue weighted by molar-refractivity contribution is 0.0957. The van der Waals surface area contributed by atoms with Crippen LogP contribution >= 0.6 is 28.1 Å². The van der Waals surface area contributed by atoms with E-state index in [4.69, 9.17) is 12.2 Å². The monoisotopic (exact) mass is 418 g/mol. The summed E-state index contributed by atoms with van der Waals surface area (Å²) in [5.74, 6) is -0.222. The first-order valence-corrected chi connectivity index (χ1v) is 9.38. The summed E-state index contributed by atoms with van der Waals surface area (Å²) in [6.45, 7) is 0.869. The summed E-state index contributed by atoms with van der Waals surface area (Å²) in [6.07, 6.45) is 6.94. The van der Waals surface area contributed by atoms with Crippen LogP contribution in [0.15, 0.2) is 53.3 Å². The van der Waals surface area contributed by atoms with E-state index in [1.807, 2.05) is 24.4 Å². The molecule has 1 aromatic carbocycles. The molecule has 1 saturated heterocycles. The minimum atomic E-state index is -0.222. The molecule has 3 rings (SSSR count). The molecular weight excluding hydrogens is 400 g/mol. The van der Waals surface area contributed by atoms with Gasteiger partial charge in [-0.3, -0.25) is 20.5 Å². The largest absolute Gasteiger partial charge is 0.298 e. The second-order valence-corrected chi connectivity index (χ2v) is 7.22. The Bertz CT molecular complexity index is 739. The van der Waals surface area contributed by atoms with E-state index < -0.39 is 0 Å².